The van der Waals surface area contributed by atoms with Gasteiger partial charge in [-0.05, 0) is 57.2 Å². The molecule has 0 unspecified atom stereocenters. The molecule has 1 fully saturated rings. The molecule has 0 aromatic heterocycles. The molecule has 0 spiro atoms. The van der Waals surface area contributed by atoms with Crippen LogP contribution in [0.3, 0.4) is 0 Å². The fraction of sp³-hybridized carbons (Fsp3) is 0.579. The Morgan fingerprint density at radius 3 is 2.35 bits per heavy atom. The number of piperidine rings is 1. The Balaban J connectivity index is 1.64. The maximum absolute atomic E-state index is 12.0. The minimum atomic E-state index is -0.475. The number of hydrogen-bond donors (Lipinski definition) is 2. The second kappa shape index (κ2) is 9.12. The molecule has 0 aliphatic carbocycles. The Morgan fingerprint density at radius 1 is 1.15 bits per heavy atom. The number of carbonyl (C=O) groups excluding carboxylic acids is 2. The Kier molecular flexibility index (Phi) is 7.14. The van der Waals surface area contributed by atoms with Gasteiger partial charge in [0.25, 0.3) is 0 Å². The van der Waals surface area contributed by atoms with E-state index in [-0.39, 0.29) is 12.1 Å². The molecule has 0 saturated carbocycles. The monoisotopic (exact) mass is 381 g/mol. The maximum Gasteiger partial charge on any atom is 0.410 e. The van der Waals surface area contributed by atoms with Crippen molar-refractivity contribution in [3.05, 3.63) is 34.9 Å². The normalized spacial score (nSPS) is 15.5. The average Bonchev–Trinajstić information content (AvgIpc) is 2.58. The highest BCUT2D eigenvalue weighted by Gasteiger charge is 2.26. The van der Waals surface area contributed by atoms with Crippen LogP contribution in [0.2, 0.25) is 5.02 Å². The highest BCUT2D eigenvalue weighted by Crippen LogP contribution is 2.19. The highest BCUT2D eigenvalue weighted by atomic mass is 35.5. The number of nitrogens with zero attached hydrogens (tertiary/aromatic N) is 1. The van der Waals surface area contributed by atoms with E-state index in [0.717, 1.165) is 18.4 Å². The van der Waals surface area contributed by atoms with Gasteiger partial charge in [0.05, 0.1) is 0 Å². The first-order valence-electron chi connectivity index (χ1n) is 8.97. The predicted octanol–water partition coefficient (Wildman–Crippen LogP) is 3.79. The predicted molar refractivity (Wildman–Crippen MR) is 102 cm³/mol. The molecule has 1 heterocycles. The lowest BCUT2D eigenvalue weighted by atomic mass is 9.97. The van der Waals surface area contributed by atoms with E-state index in [1.165, 1.54) is 0 Å². The lowest BCUT2D eigenvalue weighted by molar-refractivity contribution is 0.0184. The third kappa shape index (κ3) is 7.12. The van der Waals surface area contributed by atoms with E-state index in [2.05, 4.69) is 10.6 Å². The summed E-state index contributed by atoms with van der Waals surface area (Å²) < 4.78 is 5.39. The first kappa shape index (κ1) is 20.4. The molecule has 6 nitrogen and oxygen atoms in total. The summed E-state index contributed by atoms with van der Waals surface area (Å²) in [4.78, 5) is 25.7. The Hall–Kier alpha value is -1.95. The van der Waals surface area contributed by atoms with Gasteiger partial charge in [0.15, 0.2) is 0 Å². The van der Waals surface area contributed by atoms with Gasteiger partial charge in [-0.25, -0.2) is 9.59 Å². The van der Waals surface area contributed by atoms with Crippen LogP contribution in [0.1, 0.15) is 39.2 Å². The minimum absolute atomic E-state index is 0.186. The molecule has 144 valence electrons. The zero-order valence-corrected chi connectivity index (χ0v) is 16.4. The number of urea groups is 1. The number of amides is 3. The van der Waals surface area contributed by atoms with Gasteiger partial charge >= 0.3 is 12.1 Å². The van der Waals surface area contributed by atoms with Crippen molar-refractivity contribution in [1.82, 2.24) is 15.5 Å². The van der Waals surface area contributed by atoms with Gasteiger partial charge in [0.2, 0.25) is 0 Å². The number of hydrogen-bond acceptors (Lipinski definition) is 3. The van der Waals surface area contributed by atoms with Crippen LogP contribution in [-0.2, 0) is 11.3 Å². The molecule has 7 heteroatoms. The molecule has 1 aromatic carbocycles. The van der Waals surface area contributed by atoms with Crippen LogP contribution in [0.4, 0.5) is 9.59 Å². The largest absolute Gasteiger partial charge is 0.444 e. The minimum Gasteiger partial charge on any atom is -0.444 e. The molecule has 0 bridgehead atoms. The lowest BCUT2D eigenvalue weighted by Crippen LogP contribution is -2.44. The summed E-state index contributed by atoms with van der Waals surface area (Å²) in [5.74, 6) is 0.370. The molecule has 26 heavy (non-hydrogen) atoms. The molecule has 2 rings (SSSR count). The zero-order valence-electron chi connectivity index (χ0n) is 15.7. The number of rotatable bonds is 4. The molecule has 1 aliphatic heterocycles. The molecule has 1 aromatic rings. The quantitative estimate of drug-likeness (QED) is 0.833. The van der Waals surface area contributed by atoms with Crippen molar-refractivity contribution in [1.29, 1.82) is 0 Å². The summed E-state index contributed by atoms with van der Waals surface area (Å²) in [6, 6.07) is 7.18. The van der Waals surface area contributed by atoms with E-state index in [9.17, 15) is 9.59 Å². The SMILES string of the molecule is CC(C)(C)OC(=O)N1CCC(CNC(=O)NCc2ccc(Cl)cc2)CC1. The lowest BCUT2D eigenvalue weighted by Gasteiger charge is -2.33. The van der Waals surface area contributed by atoms with E-state index in [4.69, 9.17) is 16.3 Å². The summed E-state index contributed by atoms with van der Waals surface area (Å²) in [6.07, 6.45) is 1.46. The Bertz CT molecular complexity index is 605. The van der Waals surface area contributed by atoms with Crippen molar-refractivity contribution in [2.75, 3.05) is 19.6 Å². The number of carbonyl (C=O) groups is 2. The summed E-state index contributed by atoms with van der Waals surface area (Å²) in [5.41, 5.74) is 0.521. The molecular weight excluding hydrogens is 354 g/mol. The number of likely N-dealkylation sites (tertiary alicyclic amines) is 1. The van der Waals surface area contributed by atoms with Gasteiger partial charge in [0.1, 0.15) is 5.60 Å². The number of nitrogens with one attached hydrogen (secondary N) is 2. The molecule has 0 atom stereocenters. The molecule has 1 aliphatic rings. The third-order valence-electron chi connectivity index (χ3n) is 4.18. The van der Waals surface area contributed by atoms with Crippen LogP contribution in [0.25, 0.3) is 0 Å². The molecule has 3 amide bonds. The van der Waals surface area contributed by atoms with Gasteiger partial charge < -0.3 is 20.3 Å². The van der Waals surface area contributed by atoms with Gasteiger partial charge in [-0.15, -0.1) is 0 Å². The van der Waals surface area contributed by atoms with E-state index < -0.39 is 5.60 Å². The van der Waals surface area contributed by atoms with Crippen LogP contribution in [0, 0.1) is 5.92 Å². The van der Waals surface area contributed by atoms with Crippen molar-refractivity contribution in [3.63, 3.8) is 0 Å². The standard InChI is InChI=1S/C19H28ClN3O3/c1-19(2,3)26-18(25)23-10-8-15(9-11-23)13-22-17(24)21-12-14-4-6-16(20)7-5-14/h4-7,15H,8-13H2,1-3H3,(H2,21,22,24). The van der Waals surface area contributed by atoms with Crippen molar-refractivity contribution in [2.45, 2.75) is 45.8 Å². The van der Waals surface area contributed by atoms with E-state index >= 15 is 0 Å². The summed E-state index contributed by atoms with van der Waals surface area (Å²) in [6.45, 7) is 7.98. The van der Waals surface area contributed by atoms with Crippen LogP contribution in [-0.4, -0.2) is 42.3 Å². The Labute approximate surface area is 160 Å². The third-order valence-corrected chi connectivity index (χ3v) is 4.44. The van der Waals surface area contributed by atoms with Crippen molar-refractivity contribution in [2.24, 2.45) is 5.92 Å². The van der Waals surface area contributed by atoms with Gasteiger partial charge in [-0.2, -0.15) is 0 Å². The smallest absolute Gasteiger partial charge is 0.410 e. The maximum atomic E-state index is 12.0. The van der Waals surface area contributed by atoms with Crippen molar-refractivity contribution < 1.29 is 14.3 Å². The highest BCUT2D eigenvalue weighted by molar-refractivity contribution is 6.30. The summed E-state index contributed by atoms with van der Waals surface area (Å²) in [7, 11) is 0. The Morgan fingerprint density at radius 2 is 1.77 bits per heavy atom. The topological polar surface area (TPSA) is 70.7 Å². The number of halogens is 1. The first-order valence-corrected chi connectivity index (χ1v) is 9.35. The van der Waals surface area contributed by atoms with Crippen LogP contribution in [0.5, 0.6) is 0 Å². The second-order valence-corrected chi connectivity index (χ2v) is 8.04. The molecule has 1 saturated heterocycles. The zero-order chi connectivity index (χ0) is 19.2. The van der Waals surface area contributed by atoms with E-state index in [1.54, 1.807) is 17.0 Å². The fourth-order valence-electron chi connectivity index (χ4n) is 2.73. The molecule has 2 N–H and O–H groups in total. The molecular formula is C19H28ClN3O3. The van der Waals surface area contributed by atoms with E-state index in [0.29, 0.717) is 37.1 Å². The van der Waals surface area contributed by atoms with Crippen molar-refractivity contribution in [3.8, 4) is 0 Å². The summed E-state index contributed by atoms with van der Waals surface area (Å²) >= 11 is 5.84. The number of ether oxygens (including phenoxy) is 1. The van der Waals surface area contributed by atoms with Crippen LogP contribution < -0.4 is 10.6 Å². The van der Waals surface area contributed by atoms with Gasteiger partial charge in [-0.3, -0.25) is 0 Å². The van der Waals surface area contributed by atoms with Crippen LogP contribution in [0.15, 0.2) is 24.3 Å². The number of benzene rings is 1. The average molecular weight is 382 g/mol. The second-order valence-electron chi connectivity index (χ2n) is 7.60. The van der Waals surface area contributed by atoms with E-state index in [1.807, 2.05) is 32.9 Å². The van der Waals surface area contributed by atoms with Crippen LogP contribution >= 0.6 is 11.6 Å². The summed E-state index contributed by atoms with van der Waals surface area (Å²) in [5, 5.41) is 6.42. The van der Waals surface area contributed by atoms with Crippen molar-refractivity contribution >= 4 is 23.7 Å². The van der Waals surface area contributed by atoms with Gasteiger partial charge in [0, 0.05) is 31.2 Å². The van der Waals surface area contributed by atoms with Gasteiger partial charge in [-0.1, -0.05) is 23.7 Å². The molecule has 0 radical (unpaired) electrons. The first-order chi connectivity index (χ1) is 12.2. The fourth-order valence-corrected chi connectivity index (χ4v) is 2.86.